The molecule has 2 aliphatic heterocycles. The first-order valence-electron chi connectivity index (χ1n) is 15.5. The number of piperidine rings is 1. The number of amides is 1. The summed E-state index contributed by atoms with van der Waals surface area (Å²) < 4.78 is 6.69. The molecule has 224 valence electrons. The molecule has 0 bridgehead atoms. The van der Waals surface area contributed by atoms with E-state index in [9.17, 15) is 14.4 Å². The van der Waals surface area contributed by atoms with Crippen molar-refractivity contribution in [3.63, 3.8) is 0 Å². The number of aromatic nitrogens is 1. The van der Waals surface area contributed by atoms with E-state index in [0.29, 0.717) is 38.4 Å². The zero-order valence-electron chi connectivity index (χ0n) is 25.0. The van der Waals surface area contributed by atoms with Crippen LogP contribution in [0.15, 0.2) is 30.4 Å². The third kappa shape index (κ3) is 9.83. The van der Waals surface area contributed by atoms with Gasteiger partial charge in [0.2, 0.25) is 5.91 Å². The van der Waals surface area contributed by atoms with Crippen LogP contribution in [-0.2, 0) is 25.5 Å². The van der Waals surface area contributed by atoms with Gasteiger partial charge in [0.25, 0.3) is 0 Å². The molecule has 1 aromatic carbocycles. The molecule has 2 fully saturated rings. The average Bonchev–Trinajstić information content (AvgIpc) is 3.37. The van der Waals surface area contributed by atoms with E-state index in [1.807, 2.05) is 12.1 Å². The van der Waals surface area contributed by atoms with Crippen LogP contribution in [0.3, 0.4) is 0 Å². The Morgan fingerprint density at radius 2 is 1.90 bits per heavy atom. The minimum atomic E-state index is -0.486. The fourth-order valence-corrected chi connectivity index (χ4v) is 7.05. The van der Waals surface area contributed by atoms with Crippen LogP contribution in [-0.4, -0.2) is 66.2 Å². The summed E-state index contributed by atoms with van der Waals surface area (Å²) in [5, 5.41) is 4.15. The summed E-state index contributed by atoms with van der Waals surface area (Å²) in [4.78, 5) is 45.8. The van der Waals surface area contributed by atoms with E-state index in [-0.39, 0.29) is 35.9 Å². The fourth-order valence-electron chi connectivity index (χ4n) is 5.95. The molecule has 4 rings (SSSR count). The molecule has 41 heavy (non-hydrogen) atoms. The predicted molar refractivity (Wildman–Crippen MR) is 165 cm³/mol. The highest BCUT2D eigenvalue weighted by Gasteiger charge is 2.30. The van der Waals surface area contributed by atoms with Gasteiger partial charge in [0, 0.05) is 45.1 Å². The molecule has 1 N–H and O–H groups in total. The van der Waals surface area contributed by atoms with Crippen LogP contribution >= 0.6 is 11.3 Å². The van der Waals surface area contributed by atoms with E-state index in [0.717, 1.165) is 47.7 Å². The second-order valence-electron chi connectivity index (χ2n) is 12.1. The molecule has 1 aromatic heterocycles. The SMILES string of the molecule is CC(=O)C[C@@H](Cc1nc2ccc(C(C)C)cc2s1)C(=O)N[C@H](CCC(=O)/C=C/CN1CCCCC1)C1CCOCC1. The number of carbonyl (C=O) groups is 3. The Labute approximate surface area is 249 Å². The molecule has 0 radical (unpaired) electrons. The van der Waals surface area contributed by atoms with E-state index in [4.69, 9.17) is 9.72 Å². The van der Waals surface area contributed by atoms with Gasteiger partial charge in [-0.3, -0.25) is 14.5 Å². The largest absolute Gasteiger partial charge is 0.381 e. The molecule has 1 amide bonds. The number of nitrogens with one attached hydrogen (secondary N) is 1. The van der Waals surface area contributed by atoms with Crippen LogP contribution in [0.4, 0.5) is 0 Å². The van der Waals surface area contributed by atoms with Crippen LogP contribution in [0, 0.1) is 11.8 Å². The lowest BCUT2D eigenvalue weighted by atomic mass is 9.87. The van der Waals surface area contributed by atoms with Gasteiger partial charge >= 0.3 is 0 Å². The summed E-state index contributed by atoms with van der Waals surface area (Å²) in [5.74, 6) is 0.175. The van der Waals surface area contributed by atoms with Crippen molar-refractivity contribution in [2.75, 3.05) is 32.8 Å². The number of hydrogen-bond donors (Lipinski definition) is 1. The molecule has 2 aliphatic rings. The Bertz CT molecular complexity index is 1190. The summed E-state index contributed by atoms with van der Waals surface area (Å²) in [7, 11) is 0. The molecule has 0 saturated carbocycles. The molecule has 0 aliphatic carbocycles. The van der Waals surface area contributed by atoms with Gasteiger partial charge in [-0.05, 0) is 87.7 Å². The number of ketones is 2. The molecule has 3 heterocycles. The number of carbonyl (C=O) groups excluding carboxylic acids is 3. The zero-order chi connectivity index (χ0) is 29.2. The highest BCUT2D eigenvalue weighted by molar-refractivity contribution is 7.18. The lowest BCUT2D eigenvalue weighted by Gasteiger charge is -2.32. The summed E-state index contributed by atoms with van der Waals surface area (Å²) in [5.41, 5.74) is 2.20. The van der Waals surface area contributed by atoms with Crippen molar-refractivity contribution in [2.45, 2.75) is 90.5 Å². The Morgan fingerprint density at radius 1 is 1.15 bits per heavy atom. The lowest BCUT2D eigenvalue weighted by Crippen LogP contribution is -2.45. The van der Waals surface area contributed by atoms with Gasteiger partial charge in [0.1, 0.15) is 5.78 Å². The summed E-state index contributed by atoms with van der Waals surface area (Å²) in [6, 6.07) is 6.22. The number of benzene rings is 1. The minimum Gasteiger partial charge on any atom is -0.381 e. The molecule has 8 heteroatoms. The van der Waals surface area contributed by atoms with E-state index < -0.39 is 5.92 Å². The summed E-state index contributed by atoms with van der Waals surface area (Å²) >= 11 is 1.61. The highest BCUT2D eigenvalue weighted by Crippen LogP contribution is 2.29. The van der Waals surface area contributed by atoms with Crippen LogP contribution in [0.2, 0.25) is 0 Å². The normalized spacial score (nSPS) is 18.6. The number of Topliss-reactive ketones (excluding diaryl/α,β-unsaturated/α-hetero) is 1. The maximum absolute atomic E-state index is 13.7. The number of fused-ring (bicyclic) bond motifs is 1. The van der Waals surface area contributed by atoms with Crippen molar-refractivity contribution in [3.8, 4) is 0 Å². The Hall–Kier alpha value is -2.42. The first-order valence-corrected chi connectivity index (χ1v) is 16.3. The number of allylic oxidation sites excluding steroid dienone is 1. The Kier molecular flexibility index (Phi) is 12.1. The smallest absolute Gasteiger partial charge is 0.224 e. The van der Waals surface area contributed by atoms with Crippen molar-refractivity contribution >= 4 is 39.0 Å². The summed E-state index contributed by atoms with van der Waals surface area (Å²) in [6.45, 7) is 10.3. The third-order valence-corrected chi connectivity index (χ3v) is 9.47. The van der Waals surface area contributed by atoms with Crippen molar-refractivity contribution in [3.05, 3.63) is 40.9 Å². The number of hydrogen-bond acceptors (Lipinski definition) is 7. The first kappa shape index (κ1) is 31.5. The van der Waals surface area contributed by atoms with Gasteiger partial charge in [-0.2, -0.15) is 0 Å². The quantitative estimate of drug-likeness (QED) is 0.281. The first-order chi connectivity index (χ1) is 19.8. The molecule has 0 spiro atoms. The van der Waals surface area contributed by atoms with Gasteiger partial charge < -0.3 is 14.8 Å². The van der Waals surface area contributed by atoms with Crippen molar-refractivity contribution in [1.29, 1.82) is 0 Å². The third-order valence-electron chi connectivity index (χ3n) is 8.43. The zero-order valence-corrected chi connectivity index (χ0v) is 25.8. The van der Waals surface area contributed by atoms with E-state index >= 15 is 0 Å². The lowest BCUT2D eigenvalue weighted by molar-refractivity contribution is -0.130. The molecule has 2 saturated heterocycles. The van der Waals surface area contributed by atoms with Gasteiger partial charge in [0.15, 0.2) is 5.78 Å². The molecule has 2 aromatic rings. The number of likely N-dealkylation sites (tertiary alicyclic amines) is 1. The van der Waals surface area contributed by atoms with E-state index in [1.54, 1.807) is 24.3 Å². The molecule has 0 unspecified atom stereocenters. The second-order valence-corrected chi connectivity index (χ2v) is 13.2. The molecular formula is C33H47N3O4S. The van der Waals surface area contributed by atoms with Crippen LogP contribution in [0.5, 0.6) is 0 Å². The molecular weight excluding hydrogens is 534 g/mol. The van der Waals surface area contributed by atoms with Crippen molar-refractivity contribution < 1.29 is 19.1 Å². The van der Waals surface area contributed by atoms with Gasteiger partial charge in [0.05, 0.1) is 21.1 Å². The van der Waals surface area contributed by atoms with Crippen LogP contribution in [0.25, 0.3) is 10.2 Å². The van der Waals surface area contributed by atoms with E-state index in [2.05, 4.69) is 36.2 Å². The number of nitrogens with zero attached hydrogens (tertiary/aromatic N) is 2. The van der Waals surface area contributed by atoms with Crippen molar-refractivity contribution in [2.24, 2.45) is 11.8 Å². The van der Waals surface area contributed by atoms with Crippen LogP contribution in [0.1, 0.15) is 88.6 Å². The second kappa shape index (κ2) is 15.7. The number of thiazole rings is 1. The minimum absolute atomic E-state index is 0.00927. The molecule has 7 nitrogen and oxygen atoms in total. The standard InChI is InChI=1S/C33H47N3O4S/c1-23(2)26-9-11-30-31(21-26)41-32(34-30)22-27(20-24(3)37)33(39)35-29(25-13-18-40-19-14-25)12-10-28(38)8-7-17-36-15-5-4-6-16-36/h7-9,11,21,23,25,27,29H,4-6,10,12-20,22H2,1-3H3,(H,35,39)/b8-7+/t27-,29+/m0/s1. The topological polar surface area (TPSA) is 88.6 Å². The van der Waals surface area contributed by atoms with Gasteiger partial charge in [-0.15, -0.1) is 11.3 Å². The summed E-state index contributed by atoms with van der Waals surface area (Å²) in [6.07, 6.45) is 10.8. The predicted octanol–water partition coefficient (Wildman–Crippen LogP) is 5.86. The monoisotopic (exact) mass is 581 g/mol. The highest BCUT2D eigenvalue weighted by atomic mass is 32.1. The van der Waals surface area contributed by atoms with Crippen molar-refractivity contribution in [1.82, 2.24) is 15.2 Å². The van der Waals surface area contributed by atoms with Gasteiger partial charge in [-0.25, -0.2) is 4.98 Å². The van der Waals surface area contributed by atoms with Crippen LogP contribution < -0.4 is 5.32 Å². The Balaban J connectivity index is 1.40. The van der Waals surface area contributed by atoms with Gasteiger partial charge in [-0.1, -0.05) is 32.4 Å². The number of rotatable bonds is 14. The molecule has 2 atom stereocenters. The van der Waals surface area contributed by atoms with E-state index in [1.165, 1.54) is 24.8 Å². The fraction of sp³-hybridized carbons (Fsp3) is 0.636. The Morgan fingerprint density at radius 3 is 2.61 bits per heavy atom. The number of ether oxygens (including phenoxy) is 1. The maximum Gasteiger partial charge on any atom is 0.224 e. The maximum atomic E-state index is 13.7. The average molecular weight is 582 g/mol.